The van der Waals surface area contributed by atoms with E-state index in [0.717, 1.165) is 18.4 Å². The van der Waals surface area contributed by atoms with Crippen molar-refractivity contribution in [3.63, 3.8) is 0 Å². The van der Waals surface area contributed by atoms with E-state index < -0.39 is 0 Å². The maximum Gasteiger partial charge on any atom is -0.00461 e. The van der Waals surface area contributed by atoms with Crippen LogP contribution in [0.4, 0.5) is 0 Å². The molecule has 2 atom stereocenters. The second-order valence-electron chi connectivity index (χ2n) is 2.78. The van der Waals surface area contributed by atoms with Crippen LogP contribution in [0.25, 0.3) is 0 Å². The molecule has 1 aliphatic carbocycles. The van der Waals surface area contributed by atoms with Crippen LogP contribution in [0, 0.1) is 11.8 Å². The van der Waals surface area contributed by atoms with E-state index in [-0.39, 0.29) is 12.4 Å². The predicted octanol–water partition coefficient (Wildman–Crippen LogP) is 1.80. The van der Waals surface area contributed by atoms with Gasteiger partial charge in [0.25, 0.3) is 0 Å². The minimum Gasteiger partial charge on any atom is -0.330 e. The van der Waals surface area contributed by atoms with Crippen molar-refractivity contribution in [1.29, 1.82) is 0 Å². The van der Waals surface area contributed by atoms with Crippen LogP contribution in [0.5, 0.6) is 0 Å². The van der Waals surface area contributed by atoms with Gasteiger partial charge in [-0.1, -0.05) is 19.8 Å². The molecule has 56 valence electrons. The second kappa shape index (κ2) is 4.13. The van der Waals surface area contributed by atoms with Crippen LogP contribution in [-0.4, -0.2) is 6.54 Å². The van der Waals surface area contributed by atoms with Crippen molar-refractivity contribution < 1.29 is 0 Å². The van der Waals surface area contributed by atoms with Crippen LogP contribution in [0.3, 0.4) is 0 Å². The van der Waals surface area contributed by atoms with Gasteiger partial charge in [-0.05, 0) is 24.8 Å². The minimum absolute atomic E-state index is 0. The average Bonchev–Trinajstić information content (AvgIpc) is 2.48. The highest BCUT2D eigenvalue weighted by Gasteiger charge is 2.33. The smallest absolute Gasteiger partial charge is 0.00461 e. The Hall–Kier alpha value is 0.250. The van der Waals surface area contributed by atoms with E-state index in [1.54, 1.807) is 0 Å². The number of halogens is 1. The first kappa shape index (κ1) is 9.25. The number of hydrogen-bond acceptors (Lipinski definition) is 1. The molecule has 0 aromatic heterocycles. The molecule has 0 saturated heterocycles. The Morgan fingerprint density at radius 1 is 1.44 bits per heavy atom. The Morgan fingerprint density at radius 2 is 2.11 bits per heavy atom. The summed E-state index contributed by atoms with van der Waals surface area (Å²) in [6.07, 6.45) is 4.15. The molecule has 0 unspecified atom stereocenters. The van der Waals surface area contributed by atoms with E-state index in [1.807, 2.05) is 0 Å². The van der Waals surface area contributed by atoms with Gasteiger partial charge in [-0.3, -0.25) is 0 Å². The summed E-state index contributed by atoms with van der Waals surface area (Å²) in [5.41, 5.74) is 5.45. The third-order valence-corrected chi connectivity index (χ3v) is 2.03. The minimum atomic E-state index is 0. The summed E-state index contributed by atoms with van der Waals surface area (Å²) in [7, 11) is 0. The molecule has 1 nitrogen and oxygen atoms in total. The summed E-state index contributed by atoms with van der Waals surface area (Å²) >= 11 is 0. The molecule has 0 amide bonds. The zero-order chi connectivity index (χ0) is 5.98. The van der Waals surface area contributed by atoms with Crippen molar-refractivity contribution in [1.82, 2.24) is 0 Å². The van der Waals surface area contributed by atoms with Crippen LogP contribution in [0.1, 0.15) is 26.2 Å². The molecule has 0 spiro atoms. The zero-order valence-corrected chi connectivity index (χ0v) is 6.79. The summed E-state index contributed by atoms with van der Waals surface area (Å²) in [5, 5.41) is 0. The van der Waals surface area contributed by atoms with Crippen molar-refractivity contribution in [3.05, 3.63) is 0 Å². The first-order valence-electron chi connectivity index (χ1n) is 3.58. The highest BCUT2D eigenvalue weighted by atomic mass is 35.5. The van der Waals surface area contributed by atoms with Gasteiger partial charge in [-0.25, -0.2) is 0 Å². The lowest BCUT2D eigenvalue weighted by Crippen LogP contribution is -2.01. The molecular formula is C7H16ClN. The van der Waals surface area contributed by atoms with Gasteiger partial charge < -0.3 is 5.73 Å². The molecule has 9 heavy (non-hydrogen) atoms. The molecule has 1 rings (SSSR count). The lowest BCUT2D eigenvalue weighted by atomic mass is 10.2. The molecule has 0 aliphatic heterocycles. The number of rotatable bonds is 3. The third kappa shape index (κ3) is 2.55. The fourth-order valence-corrected chi connectivity index (χ4v) is 1.32. The summed E-state index contributed by atoms with van der Waals surface area (Å²) in [5.74, 6) is 1.90. The van der Waals surface area contributed by atoms with Gasteiger partial charge in [0, 0.05) is 0 Å². The van der Waals surface area contributed by atoms with Crippen LogP contribution >= 0.6 is 12.4 Å². The molecule has 2 heteroatoms. The Kier molecular flexibility index (Phi) is 4.24. The molecule has 1 fully saturated rings. The number of hydrogen-bond donors (Lipinski definition) is 1. The molecule has 1 saturated carbocycles. The van der Waals surface area contributed by atoms with Crippen LogP contribution < -0.4 is 5.73 Å². The maximum absolute atomic E-state index is 5.45. The van der Waals surface area contributed by atoms with Gasteiger partial charge in [0.05, 0.1) is 0 Å². The monoisotopic (exact) mass is 149 g/mol. The molecule has 0 heterocycles. The first-order valence-corrected chi connectivity index (χ1v) is 3.58. The normalized spacial score (nSPS) is 31.3. The Morgan fingerprint density at radius 3 is 2.44 bits per heavy atom. The quantitative estimate of drug-likeness (QED) is 0.651. The van der Waals surface area contributed by atoms with Gasteiger partial charge in [0.1, 0.15) is 0 Å². The Balaban J connectivity index is 0.000000640. The second-order valence-corrected chi connectivity index (χ2v) is 2.78. The zero-order valence-electron chi connectivity index (χ0n) is 5.97. The van der Waals surface area contributed by atoms with Crippen LogP contribution in [0.15, 0.2) is 0 Å². The fourth-order valence-electron chi connectivity index (χ4n) is 1.32. The molecular weight excluding hydrogens is 134 g/mol. The van der Waals surface area contributed by atoms with E-state index in [1.165, 1.54) is 19.3 Å². The summed E-state index contributed by atoms with van der Waals surface area (Å²) in [4.78, 5) is 0. The topological polar surface area (TPSA) is 26.0 Å². The fraction of sp³-hybridized carbons (Fsp3) is 1.00. The predicted molar refractivity (Wildman–Crippen MR) is 42.8 cm³/mol. The van der Waals surface area contributed by atoms with Gasteiger partial charge in [-0.15, -0.1) is 12.4 Å². The summed E-state index contributed by atoms with van der Waals surface area (Å²) in [6, 6.07) is 0. The summed E-state index contributed by atoms with van der Waals surface area (Å²) in [6.45, 7) is 3.16. The Labute approximate surface area is 63.4 Å². The van der Waals surface area contributed by atoms with Gasteiger partial charge in [0.2, 0.25) is 0 Å². The van der Waals surface area contributed by atoms with Crippen molar-refractivity contribution in [2.24, 2.45) is 17.6 Å². The maximum atomic E-state index is 5.45. The van der Waals surface area contributed by atoms with E-state index in [0.29, 0.717) is 0 Å². The largest absolute Gasteiger partial charge is 0.330 e. The molecule has 2 N–H and O–H groups in total. The standard InChI is InChI=1S/C7H15N.ClH/c1-2-3-6-4-7(6)5-8;/h6-7H,2-5,8H2,1H3;1H/t6-,7+;/m1./s1. The van der Waals surface area contributed by atoms with E-state index in [9.17, 15) is 0 Å². The lowest BCUT2D eigenvalue weighted by molar-refractivity contribution is 0.638. The van der Waals surface area contributed by atoms with E-state index in [2.05, 4.69) is 6.92 Å². The van der Waals surface area contributed by atoms with E-state index in [4.69, 9.17) is 5.73 Å². The van der Waals surface area contributed by atoms with Crippen LogP contribution in [-0.2, 0) is 0 Å². The van der Waals surface area contributed by atoms with Crippen LogP contribution in [0.2, 0.25) is 0 Å². The average molecular weight is 150 g/mol. The molecule has 0 radical (unpaired) electrons. The summed E-state index contributed by atoms with van der Waals surface area (Å²) < 4.78 is 0. The van der Waals surface area contributed by atoms with Crippen molar-refractivity contribution in [2.45, 2.75) is 26.2 Å². The molecule has 0 bridgehead atoms. The Bertz CT molecular complexity index is 75.3. The van der Waals surface area contributed by atoms with Crippen molar-refractivity contribution >= 4 is 12.4 Å². The van der Waals surface area contributed by atoms with E-state index >= 15 is 0 Å². The lowest BCUT2D eigenvalue weighted by Gasteiger charge is -1.90. The molecule has 0 aromatic rings. The first-order chi connectivity index (χ1) is 3.88. The molecule has 0 aromatic carbocycles. The third-order valence-electron chi connectivity index (χ3n) is 2.03. The van der Waals surface area contributed by atoms with Gasteiger partial charge >= 0.3 is 0 Å². The number of nitrogens with two attached hydrogens (primary N) is 1. The highest BCUT2D eigenvalue weighted by Crippen LogP contribution is 2.40. The van der Waals surface area contributed by atoms with Crippen molar-refractivity contribution in [3.8, 4) is 0 Å². The molecule has 1 aliphatic rings. The highest BCUT2D eigenvalue weighted by molar-refractivity contribution is 5.85. The SMILES string of the molecule is CCC[C@@H]1C[C@H]1CN.Cl. The van der Waals surface area contributed by atoms with Gasteiger partial charge in [-0.2, -0.15) is 0 Å². The van der Waals surface area contributed by atoms with Crippen molar-refractivity contribution in [2.75, 3.05) is 6.54 Å². The van der Waals surface area contributed by atoms with Gasteiger partial charge in [0.15, 0.2) is 0 Å².